The minimum absolute atomic E-state index is 0.136. The van der Waals surface area contributed by atoms with Gasteiger partial charge in [-0.05, 0) is 31.5 Å². The lowest BCUT2D eigenvalue weighted by Crippen LogP contribution is -2.27. The predicted octanol–water partition coefficient (Wildman–Crippen LogP) is 2.31. The van der Waals surface area contributed by atoms with Crippen LogP contribution in [0.1, 0.15) is 25.5 Å². The van der Waals surface area contributed by atoms with Crippen LogP contribution in [-0.4, -0.2) is 35.3 Å². The zero-order valence-electron chi connectivity index (χ0n) is 10.5. The van der Waals surface area contributed by atoms with Crippen LogP contribution in [0.2, 0.25) is 0 Å². The van der Waals surface area contributed by atoms with E-state index in [9.17, 15) is 9.90 Å². The van der Waals surface area contributed by atoms with E-state index in [1.54, 1.807) is 18.9 Å². The third-order valence-corrected chi connectivity index (χ3v) is 3.62. The molecule has 0 saturated carbocycles. The number of carbonyl (C=O) groups is 1. The highest BCUT2D eigenvalue weighted by atomic mass is 32.2. The molecule has 0 fully saturated rings. The third-order valence-electron chi connectivity index (χ3n) is 2.62. The van der Waals surface area contributed by atoms with Crippen molar-refractivity contribution in [1.29, 1.82) is 0 Å². The monoisotopic (exact) mass is 253 g/mol. The van der Waals surface area contributed by atoms with Crippen molar-refractivity contribution in [3.63, 3.8) is 0 Å². The molecule has 1 atom stereocenters. The molecule has 4 heteroatoms. The SMILES string of the molecule is CCN(C)C(=O)CSc1ccc(C(C)O)cc1. The number of benzene rings is 1. The smallest absolute Gasteiger partial charge is 0.232 e. The molecule has 3 nitrogen and oxygen atoms in total. The molecule has 0 radical (unpaired) electrons. The largest absolute Gasteiger partial charge is 0.389 e. The lowest BCUT2D eigenvalue weighted by molar-refractivity contribution is -0.126. The van der Waals surface area contributed by atoms with Crippen LogP contribution in [0.4, 0.5) is 0 Å². The van der Waals surface area contributed by atoms with Gasteiger partial charge in [0.1, 0.15) is 0 Å². The van der Waals surface area contributed by atoms with E-state index in [-0.39, 0.29) is 5.91 Å². The number of hydrogen-bond acceptors (Lipinski definition) is 3. The van der Waals surface area contributed by atoms with Crippen LogP contribution in [0.15, 0.2) is 29.2 Å². The normalized spacial score (nSPS) is 12.2. The summed E-state index contributed by atoms with van der Waals surface area (Å²) in [6.45, 7) is 4.43. The number of thioether (sulfide) groups is 1. The second-order valence-electron chi connectivity index (χ2n) is 3.94. The summed E-state index contributed by atoms with van der Waals surface area (Å²) in [6, 6.07) is 7.65. The molecule has 1 rings (SSSR count). The Balaban J connectivity index is 2.50. The number of nitrogens with zero attached hydrogens (tertiary/aromatic N) is 1. The van der Waals surface area contributed by atoms with Crippen molar-refractivity contribution in [3.8, 4) is 0 Å². The molecule has 1 unspecified atom stereocenters. The zero-order valence-corrected chi connectivity index (χ0v) is 11.3. The highest BCUT2D eigenvalue weighted by Gasteiger charge is 2.07. The van der Waals surface area contributed by atoms with E-state index in [0.717, 1.165) is 17.0 Å². The topological polar surface area (TPSA) is 40.5 Å². The maximum absolute atomic E-state index is 11.6. The molecule has 0 bridgehead atoms. The average molecular weight is 253 g/mol. The summed E-state index contributed by atoms with van der Waals surface area (Å²) in [5, 5.41) is 9.37. The molecule has 1 aromatic carbocycles. The Labute approximate surface area is 107 Å². The van der Waals surface area contributed by atoms with Crippen LogP contribution in [0, 0.1) is 0 Å². The number of hydrogen-bond donors (Lipinski definition) is 1. The molecule has 0 aromatic heterocycles. The Morgan fingerprint density at radius 1 is 1.41 bits per heavy atom. The first-order valence-corrected chi connectivity index (χ1v) is 6.68. The van der Waals surface area contributed by atoms with Crippen molar-refractivity contribution in [2.24, 2.45) is 0 Å². The minimum Gasteiger partial charge on any atom is -0.389 e. The van der Waals surface area contributed by atoms with Gasteiger partial charge < -0.3 is 10.0 Å². The van der Waals surface area contributed by atoms with Crippen molar-refractivity contribution in [2.75, 3.05) is 19.3 Å². The highest BCUT2D eigenvalue weighted by molar-refractivity contribution is 8.00. The van der Waals surface area contributed by atoms with Gasteiger partial charge >= 0.3 is 0 Å². The summed E-state index contributed by atoms with van der Waals surface area (Å²) >= 11 is 1.52. The minimum atomic E-state index is -0.443. The molecule has 94 valence electrons. The van der Waals surface area contributed by atoms with E-state index in [1.807, 2.05) is 31.2 Å². The van der Waals surface area contributed by atoms with Crippen LogP contribution in [0.25, 0.3) is 0 Å². The van der Waals surface area contributed by atoms with Gasteiger partial charge in [0.15, 0.2) is 0 Å². The van der Waals surface area contributed by atoms with E-state index in [0.29, 0.717) is 5.75 Å². The van der Waals surface area contributed by atoms with Crippen molar-refractivity contribution in [2.45, 2.75) is 24.8 Å². The predicted molar refractivity (Wildman–Crippen MR) is 71.1 cm³/mol. The van der Waals surface area contributed by atoms with Crippen LogP contribution in [0.3, 0.4) is 0 Å². The summed E-state index contributed by atoms with van der Waals surface area (Å²) in [5.74, 6) is 0.593. The van der Waals surface area contributed by atoms with E-state index in [1.165, 1.54) is 11.8 Å². The maximum Gasteiger partial charge on any atom is 0.232 e. The lowest BCUT2D eigenvalue weighted by Gasteiger charge is -2.14. The molecule has 17 heavy (non-hydrogen) atoms. The van der Waals surface area contributed by atoms with E-state index < -0.39 is 6.10 Å². The summed E-state index contributed by atoms with van der Waals surface area (Å²) in [4.78, 5) is 14.3. The van der Waals surface area contributed by atoms with Gasteiger partial charge in [-0.3, -0.25) is 4.79 Å². The molecular formula is C13H19NO2S. The van der Waals surface area contributed by atoms with Gasteiger partial charge in [0, 0.05) is 18.5 Å². The number of amides is 1. The molecule has 0 aliphatic rings. The van der Waals surface area contributed by atoms with Gasteiger partial charge in [0.05, 0.1) is 11.9 Å². The van der Waals surface area contributed by atoms with Crippen molar-refractivity contribution in [3.05, 3.63) is 29.8 Å². The standard InChI is InChI=1S/C13H19NO2S/c1-4-14(3)13(16)9-17-12-7-5-11(6-8-12)10(2)15/h5-8,10,15H,4,9H2,1-3H3. The first kappa shape index (κ1) is 14.1. The van der Waals surface area contributed by atoms with Crippen LogP contribution in [-0.2, 0) is 4.79 Å². The Kier molecular flexibility index (Phi) is 5.51. The molecule has 0 heterocycles. The zero-order chi connectivity index (χ0) is 12.8. The van der Waals surface area contributed by atoms with Crippen LogP contribution >= 0.6 is 11.8 Å². The number of rotatable bonds is 5. The average Bonchev–Trinajstić information content (AvgIpc) is 2.35. The highest BCUT2D eigenvalue weighted by Crippen LogP contribution is 2.21. The second-order valence-corrected chi connectivity index (χ2v) is 4.99. The first-order chi connectivity index (χ1) is 8.04. The number of aliphatic hydroxyl groups is 1. The Bertz CT molecular complexity index is 362. The summed E-state index contributed by atoms with van der Waals surface area (Å²) < 4.78 is 0. The second kappa shape index (κ2) is 6.67. The maximum atomic E-state index is 11.6. The van der Waals surface area contributed by atoms with Crippen molar-refractivity contribution in [1.82, 2.24) is 4.90 Å². The fourth-order valence-corrected chi connectivity index (χ4v) is 2.11. The number of carbonyl (C=O) groups excluding carboxylic acids is 1. The first-order valence-electron chi connectivity index (χ1n) is 5.69. The third kappa shape index (κ3) is 4.40. The van der Waals surface area contributed by atoms with Crippen LogP contribution < -0.4 is 0 Å². The van der Waals surface area contributed by atoms with Gasteiger partial charge in [-0.1, -0.05) is 12.1 Å². The quantitative estimate of drug-likeness (QED) is 0.819. The molecule has 1 amide bonds. The summed E-state index contributed by atoms with van der Waals surface area (Å²) in [5.41, 5.74) is 0.895. The Morgan fingerprint density at radius 3 is 2.47 bits per heavy atom. The van der Waals surface area contributed by atoms with E-state index in [4.69, 9.17) is 0 Å². The number of aliphatic hydroxyl groups excluding tert-OH is 1. The molecule has 0 spiro atoms. The fourth-order valence-electron chi connectivity index (χ4n) is 1.27. The van der Waals surface area contributed by atoms with E-state index >= 15 is 0 Å². The van der Waals surface area contributed by atoms with Crippen molar-refractivity contribution >= 4 is 17.7 Å². The summed E-state index contributed by atoms with van der Waals surface area (Å²) in [6.07, 6.45) is -0.443. The van der Waals surface area contributed by atoms with Gasteiger partial charge in [-0.2, -0.15) is 0 Å². The Morgan fingerprint density at radius 2 is 2.00 bits per heavy atom. The van der Waals surface area contributed by atoms with Gasteiger partial charge in [0.25, 0.3) is 0 Å². The van der Waals surface area contributed by atoms with Crippen LogP contribution in [0.5, 0.6) is 0 Å². The molecule has 0 aliphatic carbocycles. The summed E-state index contributed by atoms with van der Waals surface area (Å²) in [7, 11) is 1.80. The fraction of sp³-hybridized carbons (Fsp3) is 0.462. The molecule has 1 aromatic rings. The van der Waals surface area contributed by atoms with E-state index in [2.05, 4.69) is 0 Å². The Hall–Kier alpha value is -1.00. The van der Waals surface area contributed by atoms with Crippen molar-refractivity contribution < 1.29 is 9.90 Å². The molecule has 1 N–H and O–H groups in total. The molecule has 0 aliphatic heterocycles. The van der Waals surface area contributed by atoms with Gasteiger partial charge in [-0.15, -0.1) is 11.8 Å². The van der Waals surface area contributed by atoms with Gasteiger partial charge in [-0.25, -0.2) is 0 Å². The lowest BCUT2D eigenvalue weighted by atomic mass is 10.1. The molecule has 0 saturated heterocycles. The van der Waals surface area contributed by atoms with Gasteiger partial charge in [0.2, 0.25) is 5.91 Å². The molecular weight excluding hydrogens is 234 g/mol.